The van der Waals surface area contributed by atoms with Crippen molar-refractivity contribution in [3.63, 3.8) is 0 Å². The molecular formula is C12H15ClN2O3S. The van der Waals surface area contributed by atoms with Gasteiger partial charge in [0.15, 0.2) is 5.11 Å². The minimum absolute atomic E-state index is 0.00253. The first kappa shape index (κ1) is 15.5. The fourth-order valence-electron chi connectivity index (χ4n) is 1.31. The predicted octanol–water partition coefficient (Wildman–Crippen LogP) is 2.20. The molecule has 19 heavy (non-hydrogen) atoms. The fourth-order valence-corrected chi connectivity index (χ4v) is 1.66. The zero-order valence-corrected chi connectivity index (χ0v) is 12.2. The van der Waals surface area contributed by atoms with Crippen LogP contribution in [0.25, 0.3) is 0 Å². The molecular weight excluding hydrogens is 288 g/mol. The quantitative estimate of drug-likeness (QED) is 0.642. The lowest BCUT2D eigenvalue weighted by atomic mass is 10.3. The first-order valence-electron chi connectivity index (χ1n) is 5.60. The van der Waals surface area contributed by atoms with Crippen LogP contribution >= 0.6 is 23.8 Å². The number of nitrogens with one attached hydrogen (secondary N) is 2. The lowest BCUT2D eigenvalue weighted by Crippen LogP contribution is -2.34. The van der Waals surface area contributed by atoms with Gasteiger partial charge < -0.3 is 20.1 Å². The SMILES string of the molecule is CCOC(=O)CNC(=S)Nc1cc(Cl)ccc1OC. The summed E-state index contributed by atoms with van der Waals surface area (Å²) in [5.74, 6) is 0.231. The second-order valence-electron chi connectivity index (χ2n) is 3.46. The molecule has 0 saturated carbocycles. The number of esters is 1. The Kier molecular flexibility index (Phi) is 6.38. The van der Waals surface area contributed by atoms with Crippen molar-refractivity contribution >= 4 is 40.6 Å². The van der Waals surface area contributed by atoms with Crippen LogP contribution in [0.3, 0.4) is 0 Å². The molecule has 0 bridgehead atoms. The number of benzene rings is 1. The van der Waals surface area contributed by atoms with Crippen molar-refractivity contribution in [2.75, 3.05) is 25.6 Å². The van der Waals surface area contributed by atoms with Crippen molar-refractivity contribution in [1.29, 1.82) is 0 Å². The van der Waals surface area contributed by atoms with E-state index in [1.807, 2.05) is 0 Å². The largest absolute Gasteiger partial charge is 0.495 e. The monoisotopic (exact) mass is 302 g/mol. The van der Waals surface area contributed by atoms with E-state index in [0.29, 0.717) is 23.1 Å². The van der Waals surface area contributed by atoms with Gasteiger partial charge >= 0.3 is 5.97 Å². The fraction of sp³-hybridized carbons (Fsp3) is 0.333. The van der Waals surface area contributed by atoms with Gasteiger partial charge in [0.1, 0.15) is 12.3 Å². The summed E-state index contributed by atoms with van der Waals surface area (Å²) < 4.78 is 9.94. The van der Waals surface area contributed by atoms with Crippen molar-refractivity contribution in [3.8, 4) is 5.75 Å². The van der Waals surface area contributed by atoms with Gasteiger partial charge in [-0.2, -0.15) is 0 Å². The second-order valence-corrected chi connectivity index (χ2v) is 4.30. The van der Waals surface area contributed by atoms with Crippen molar-refractivity contribution in [1.82, 2.24) is 5.32 Å². The molecule has 5 nitrogen and oxygen atoms in total. The number of halogens is 1. The summed E-state index contributed by atoms with van der Waals surface area (Å²) in [6, 6.07) is 5.11. The molecule has 0 radical (unpaired) electrons. The maximum atomic E-state index is 11.2. The van der Waals surface area contributed by atoms with Crippen molar-refractivity contribution in [2.45, 2.75) is 6.92 Å². The van der Waals surface area contributed by atoms with Gasteiger partial charge in [-0.25, -0.2) is 0 Å². The number of thiocarbonyl (C=S) groups is 1. The molecule has 0 spiro atoms. The van der Waals surface area contributed by atoms with E-state index in [0.717, 1.165) is 0 Å². The summed E-state index contributed by atoms with van der Waals surface area (Å²) in [5.41, 5.74) is 0.622. The molecule has 1 rings (SSSR count). The van der Waals surface area contributed by atoms with E-state index in [-0.39, 0.29) is 17.6 Å². The number of methoxy groups -OCH3 is 1. The average Bonchev–Trinajstić information content (AvgIpc) is 2.37. The van der Waals surface area contributed by atoms with Crippen LogP contribution in [-0.2, 0) is 9.53 Å². The van der Waals surface area contributed by atoms with Crippen LogP contribution in [0.5, 0.6) is 5.75 Å². The highest BCUT2D eigenvalue weighted by atomic mass is 35.5. The third-order valence-corrected chi connectivity index (χ3v) is 2.59. The van der Waals surface area contributed by atoms with Gasteiger partial charge in [0.2, 0.25) is 0 Å². The molecule has 0 aliphatic heterocycles. The molecule has 2 N–H and O–H groups in total. The van der Waals surface area contributed by atoms with Crippen LogP contribution in [0.15, 0.2) is 18.2 Å². The van der Waals surface area contributed by atoms with Gasteiger partial charge in [0, 0.05) is 5.02 Å². The smallest absolute Gasteiger partial charge is 0.325 e. The number of carbonyl (C=O) groups excluding carboxylic acids is 1. The Morgan fingerprint density at radius 2 is 2.21 bits per heavy atom. The van der Waals surface area contributed by atoms with Crippen LogP contribution in [0.1, 0.15) is 6.92 Å². The van der Waals surface area contributed by atoms with Gasteiger partial charge in [0.25, 0.3) is 0 Å². The van der Waals surface area contributed by atoms with Crippen LogP contribution in [0, 0.1) is 0 Å². The molecule has 0 aromatic heterocycles. The first-order valence-corrected chi connectivity index (χ1v) is 6.39. The Labute approximate surface area is 122 Å². The Balaban J connectivity index is 2.57. The van der Waals surface area contributed by atoms with Crippen LogP contribution in [0.2, 0.25) is 5.02 Å². The van der Waals surface area contributed by atoms with E-state index in [1.165, 1.54) is 0 Å². The zero-order chi connectivity index (χ0) is 14.3. The molecule has 0 unspecified atom stereocenters. The summed E-state index contributed by atoms with van der Waals surface area (Å²) in [6.07, 6.45) is 0. The molecule has 0 aliphatic carbocycles. The van der Waals surface area contributed by atoms with Crippen LogP contribution in [0.4, 0.5) is 5.69 Å². The van der Waals surface area contributed by atoms with Gasteiger partial charge in [-0.3, -0.25) is 4.79 Å². The molecule has 1 aromatic carbocycles. The first-order chi connectivity index (χ1) is 9.06. The highest BCUT2D eigenvalue weighted by molar-refractivity contribution is 7.80. The van der Waals surface area contributed by atoms with Crippen molar-refractivity contribution in [2.24, 2.45) is 0 Å². The van der Waals surface area contributed by atoms with E-state index in [4.69, 9.17) is 33.3 Å². The Hall–Kier alpha value is -1.53. The van der Waals surface area contributed by atoms with Gasteiger partial charge in [0.05, 0.1) is 19.4 Å². The Bertz CT molecular complexity index is 468. The highest BCUT2D eigenvalue weighted by Gasteiger charge is 2.07. The Morgan fingerprint density at radius 3 is 2.84 bits per heavy atom. The van der Waals surface area contributed by atoms with Crippen LogP contribution < -0.4 is 15.4 Å². The highest BCUT2D eigenvalue weighted by Crippen LogP contribution is 2.27. The molecule has 7 heteroatoms. The minimum atomic E-state index is -0.371. The number of anilines is 1. The Morgan fingerprint density at radius 1 is 1.47 bits per heavy atom. The topological polar surface area (TPSA) is 59.6 Å². The molecule has 0 amide bonds. The number of rotatable bonds is 5. The predicted molar refractivity (Wildman–Crippen MR) is 78.9 cm³/mol. The summed E-state index contributed by atoms with van der Waals surface area (Å²) >= 11 is 11.0. The normalized spacial score (nSPS) is 9.63. The number of ether oxygens (including phenoxy) is 2. The molecule has 0 atom stereocenters. The van der Waals surface area contributed by atoms with Gasteiger partial charge in [-0.15, -0.1) is 0 Å². The third-order valence-electron chi connectivity index (χ3n) is 2.11. The number of carbonyl (C=O) groups is 1. The molecule has 0 saturated heterocycles. The lowest BCUT2D eigenvalue weighted by Gasteiger charge is -2.13. The van der Waals surface area contributed by atoms with E-state index >= 15 is 0 Å². The number of hydrogen-bond donors (Lipinski definition) is 2. The summed E-state index contributed by atoms with van der Waals surface area (Å²) in [6.45, 7) is 2.08. The number of hydrogen-bond acceptors (Lipinski definition) is 4. The molecule has 0 heterocycles. The maximum Gasteiger partial charge on any atom is 0.325 e. The van der Waals surface area contributed by atoms with Crippen molar-refractivity contribution in [3.05, 3.63) is 23.2 Å². The van der Waals surface area contributed by atoms with Gasteiger partial charge in [-0.1, -0.05) is 11.6 Å². The molecule has 104 valence electrons. The van der Waals surface area contributed by atoms with E-state index in [2.05, 4.69) is 10.6 Å². The van der Waals surface area contributed by atoms with Gasteiger partial charge in [-0.05, 0) is 37.3 Å². The molecule has 0 aliphatic rings. The third kappa shape index (κ3) is 5.32. The summed E-state index contributed by atoms with van der Waals surface area (Å²) in [7, 11) is 1.55. The van der Waals surface area contributed by atoms with E-state index < -0.39 is 0 Å². The summed E-state index contributed by atoms with van der Waals surface area (Å²) in [5, 5.41) is 6.47. The maximum absolute atomic E-state index is 11.2. The zero-order valence-electron chi connectivity index (χ0n) is 10.7. The van der Waals surface area contributed by atoms with Crippen LogP contribution in [-0.4, -0.2) is 31.3 Å². The molecule has 1 aromatic rings. The lowest BCUT2D eigenvalue weighted by molar-refractivity contribution is -0.141. The standard InChI is InChI=1S/C12H15ClN2O3S/c1-3-18-11(16)7-14-12(19)15-9-6-8(13)4-5-10(9)17-2/h4-6H,3,7H2,1-2H3,(H2,14,15,19). The molecule has 0 fully saturated rings. The second kappa shape index (κ2) is 7.81. The van der Waals surface area contributed by atoms with E-state index in [1.54, 1.807) is 32.2 Å². The van der Waals surface area contributed by atoms with Crippen molar-refractivity contribution < 1.29 is 14.3 Å². The average molecular weight is 303 g/mol. The summed E-state index contributed by atoms with van der Waals surface area (Å²) in [4.78, 5) is 11.2. The minimum Gasteiger partial charge on any atom is -0.495 e. The van der Waals surface area contributed by atoms with E-state index in [9.17, 15) is 4.79 Å².